The Morgan fingerprint density at radius 3 is 2.52 bits per heavy atom. The van der Waals surface area contributed by atoms with Gasteiger partial charge in [0, 0.05) is 11.6 Å². The van der Waals surface area contributed by atoms with E-state index >= 15 is 0 Å². The summed E-state index contributed by atoms with van der Waals surface area (Å²) in [4.78, 5) is 2.01. The van der Waals surface area contributed by atoms with E-state index in [0.717, 1.165) is 6.54 Å². The summed E-state index contributed by atoms with van der Waals surface area (Å²) >= 11 is 5.86. The van der Waals surface area contributed by atoms with Gasteiger partial charge in [0.25, 0.3) is 0 Å². The highest BCUT2D eigenvalue weighted by Crippen LogP contribution is 2.27. The Kier molecular flexibility index (Phi) is 6.78. The molecule has 120 valence electrons. The number of rotatable bonds is 6. The van der Waals surface area contributed by atoms with Crippen LogP contribution in [0.2, 0.25) is 5.02 Å². The predicted molar refractivity (Wildman–Crippen MR) is 88.4 cm³/mol. The SMILES string of the molecule is CN(C)CC[C@H](N[S@](=O)C(C)(C)C)c1cccc(Cl)c1F. The van der Waals surface area contributed by atoms with Gasteiger partial charge in [-0.1, -0.05) is 23.7 Å². The lowest BCUT2D eigenvalue weighted by Crippen LogP contribution is -2.37. The molecule has 0 aliphatic carbocycles. The molecule has 2 atom stereocenters. The van der Waals surface area contributed by atoms with Crippen molar-refractivity contribution >= 4 is 22.6 Å². The lowest BCUT2D eigenvalue weighted by molar-refractivity contribution is 0.372. The van der Waals surface area contributed by atoms with E-state index in [9.17, 15) is 8.60 Å². The van der Waals surface area contributed by atoms with Gasteiger partial charge in [0.05, 0.1) is 20.8 Å². The summed E-state index contributed by atoms with van der Waals surface area (Å²) in [6.07, 6.45) is 0.645. The maximum atomic E-state index is 14.2. The molecule has 0 fully saturated rings. The van der Waals surface area contributed by atoms with Crippen molar-refractivity contribution in [2.45, 2.75) is 38.0 Å². The second-order valence-electron chi connectivity index (χ2n) is 6.29. The molecule has 0 amide bonds. The second kappa shape index (κ2) is 7.68. The zero-order valence-corrected chi connectivity index (χ0v) is 14.8. The molecule has 0 aliphatic heterocycles. The monoisotopic (exact) mass is 334 g/mol. The average molecular weight is 335 g/mol. The first-order valence-electron chi connectivity index (χ1n) is 6.89. The van der Waals surface area contributed by atoms with E-state index < -0.39 is 21.5 Å². The first-order valence-corrected chi connectivity index (χ1v) is 8.42. The predicted octanol–water partition coefficient (Wildman–Crippen LogP) is 3.52. The van der Waals surface area contributed by atoms with Crippen molar-refractivity contribution < 1.29 is 8.60 Å². The molecule has 0 bridgehead atoms. The Bertz CT molecular complexity index is 503. The van der Waals surface area contributed by atoms with Gasteiger partial charge < -0.3 is 4.90 Å². The van der Waals surface area contributed by atoms with Gasteiger partial charge in [-0.15, -0.1) is 0 Å². The van der Waals surface area contributed by atoms with Crippen molar-refractivity contribution in [1.29, 1.82) is 0 Å². The van der Waals surface area contributed by atoms with E-state index in [1.807, 2.05) is 39.8 Å². The second-order valence-corrected chi connectivity index (χ2v) is 8.69. The third-order valence-corrected chi connectivity index (χ3v) is 4.93. The van der Waals surface area contributed by atoms with Gasteiger partial charge in [0.1, 0.15) is 5.82 Å². The number of halogens is 2. The van der Waals surface area contributed by atoms with Crippen LogP contribution >= 0.6 is 11.6 Å². The highest BCUT2D eigenvalue weighted by Gasteiger charge is 2.25. The zero-order chi connectivity index (χ0) is 16.2. The van der Waals surface area contributed by atoms with Gasteiger partial charge in [0.2, 0.25) is 0 Å². The van der Waals surface area contributed by atoms with E-state index in [4.69, 9.17) is 11.6 Å². The van der Waals surface area contributed by atoms with Crippen molar-refractivity contribution in [3.8, 4) is 0 Å². The molecule has 1 aromatic rings. The Morgan fingerprint density at radius 1 is 1.38 bits per heavy atom. The van der Waals surface area contributed by atoms with Crippen LogP contribution in [0.4, 0.5) is 4.39 Å². The smallest absolute Gasteiger partial charge is 0.146 e. The third-order valence-electron chi connectivity index (χ3n) is 3.03. The van der Waals surface area contributed by atoms with Crippen molar-refractivity contribution in [3.05, 3.63) is 34.6 Å². The van der Waals surface area contributed by atoms with E-state index in [1.54, 1.807) is 12.1 Å². The Labute approximate surface area is 134 Å². The molecule has 0 saturated heterocycles. The molecule has 0 unspecified atom stereocenters. The summed E-state index contributed by atoms with van der Waals surface area (Å²) in [6.45, 7) is 6.40. The quantitative estimate of drug-likeness (QED) is 0.863. The minimum atomic E-state index is -1.28. The molecule has 1 aromatic carbocycles. The number of nitrogens with one attached hydrogen (secondary N) is 1. The minimum Gasteiger partial charge on any atom is -0.309 e. The van der Waals surface area contributed by atoms with E-state index in [-0.39, 0.29) is 11.1 Å². The Balaban J connectivity index is 3.02. The van der Waals surface area contributed by atoms with Crippen LogP contribution in [0, 0.1) is 5.82 Å². The molecule has 0 heterocycles. The fourth-order valence-corrected chi connectivity index (χ4v) is 2.80. The summed E-state index contributed by atoms with van der Waals surface area (Å²) in [5.74, 6) is -0.443. The first kappa shape index (κ1) is 18.6. The molecule has 0 radical (unpaired) electrons. The van der Waals surface area contributed by atoms with E-state index in [2.05, 4.69) is 4.72 Å². The molecule has 0 aliphatic rings. The van der Waals surface area contributed by atoms with Crippen molar-refractivity contribution in [1.82, 2.24) is 9.62 Å². The van der Waals surface area contributed by atoms with Gasteiger partial charge in [-0.25, -0.2) is 13.3 Å². The largest absolute Gasteiger partial charge is 0.309 e. The normalized spacial score (nSPS) is 15.2. The standard InChI is InChI=1S/C15H24ClFN2OS/c1-15(2,3)21(20)18-13(9-10-19(4)5)11-7-6-8-12(16)14(11)17/h6-8,13,18H,9-10H2,1-5H3/t13-,21+/m0/s1. The van der Waals surface area contributed by atoms with Crippen LogP contribution in [0.25, 0.3) is 0 Å². The molecule has 1 rings (SSSR count). The molecular formula is C15H24ClFN2OS. The maximum absolute atomic E-state index is 14.2. The number of hydrogen-bond donors (Lipinski definition) is 1. The average Bonchev–Trinajstić information content (AvgIpc) is 2.36. The van der Waals surface area contributed by atoms with Crippen molar-refractivity contribution in [2.75, 3.05) is 20.6 Å². The van der Waals surface area contributed by atoms with Crippen LogP contribution in [-0.4, -0.2) is 34.5 Å². The molecule has 0 aromatic heterocycles. The van der Waals surface area contributed by atoms with Gasteiger partial charge in [-0.3, -0.25) is 0 Å². The summed E-state index contributed by atoms with van der Waals surface area (Å²) in [5, 5.41) is 0.0886. The summed E-state index contributed by atoms with van der Waals surface area (Å²) in [7, 11) is 2.63. The van der Waals surface area contributed by atoms with Crippen LogP contribution in [0.15, 0.2) is 18.2 Å². The third kappa shape index (κ3) is 5.66. The highest BCUT2D eigenvalue weighted by atomic mass is 35.5. The van der Waals surface area contributed by atoms with Gasteiger partial charge >= 0.3 is 0 Å². The summed E-state index contributed by atoms with van der Waals surface area (Å²) in [5.41, 5.74) is 0.460. The van der Waals surface area contributed by atoms with E-state index in [0.29, 0.717) is 12.0 Å². The van der Waals surface area contributed by atoms with Crippen LogP contribution in [0.1, 0.15) is 38.8 Å². The number of hydrogen-bond acceptors (Lipinski definition) is 2. The zero-order valence-electron chi connectivity index (χ0n) is 13.2. The van der Waals surface area contributed by atoms with Crippen molar-refractivity contribution in [2.24, 2.45) is 0 Å². The van der Waals surface area contributed by atoms with Crippen molar-refractivity contribution in [3.63, 3.8) is 0 Å². The topological polar surface area (TPSA) is 32.3 Å². The number of nitrogens with zero attached hydrogens (tertiary/aromatic N) is 1. The lowest BCUT2D eigenvalue weighted by Gasteiger charge is -2.26. The molecule has 6 heteroatoms. The molecule has 0 spiro atoms. The fourth-order valence-electron chi connectivity index (χ4n) is 1.76. The summed E-state index contributed by atoms with van der Waals surface area (Å²) in [6, 6.07) is 4.58. The molecule has 3 nitrogen and oxygen atoms in total. The first-order chi connectivity index (χ1) is 9.62. The Hall–Kier alpha value is -0.490. The highest BCUT2D eigenvalue weighted by molar-refractivity contribution is 7.84. The fraction of sp³-hybridized carbons (Fsp3) is 0.600. The maximum Gasteiger partial charge on any atom is 0.146 e. The number of benzene rings is 1. The van der Waals surface area contributed by atoms with Gasteiger partial charge in [0.15, 0.2) is 0 Å². The van der Waals surface area contributed by atoms with Gasteiger partial charge in [-0.05, 0) is 53.9 Å². The molecule has 0 saturated carbocycles. The minimum absolute atomic E-state index is 0.0886. The van der Waals surface area contributed by atoms with E-state index in [1.165, 1.54) is 6.07 Å². The molecule has 21 heavy (non-hydrogen) atoms. The van der Waals surface area contributed by atoms with Crippen LogP contribution in [0.5, 0.6) is 0 Å². The molecular weight excluding hydrogens is 311 g/mol. The van der Waals surface area contributed by atoms with Crippen LogP contribution < -0.4 is 4.72 Å². The molecule has 1 N–H and O–H groups in total. The lowest BCUT2D eigenvalue weighted by atomic mass is 10.0. The Morgan fingerprint density at radius 2 is 2.00 bits per heavy atom. The summed E-state index contributed by atoms with van der Waals surface area (Å²) < 4.78 is 29.2. The van der Waals surface area contributed by atoms with Gasteiger partial charge in [-0.2, -0.15) is 0 Å². The van der Waals surface area contributed by atoms with Crippen LogP contribution in [-0.2, 0) is 11.0 Å². The van der Waals surface area contributed by atoms with Crippen LogP contribution in [0.3, 0.4) is 0 Å².